The van der Waals surface area contributed by atoms with Crippen molar-refractivity contribution in [2.75, 3.05) is 0 Å². The van der Waals surface area contributed by atoms with E-state index in [4.69, 9.17) is 4.74 Å². The molecule has 0 atom stereocenters. The van der Waals surface area contributed by atoms with Gasteiger partial charge in [-0.3, -0.25) is 9.59 Å². The van der Waals surface area contributed by atoms with Gasteiger partial charge in [0.15, 0.2) is 5.78 Å². The normalized spacial score (nSPS) is 10.1. The molecule has 0 aliphatic carbocycles. The highest BCUT2D eigenvalue weighted by molar-refractivity contribution is 6.03. The van der Waals surface area contributed by atoms with E-state index in [1.165, 1.54) is 6.92 Å². The van der Waals surface area contributed by atoms with Crippen LogP contribution in [-0.4, -0.2) is 17.7 Å². The number of benzene rings is 1. The zero-order valence-electron chi connectivity index (χ0n) is 11.7. The Morgan fingerprint density at radius 1 is 1.16 bits per heavy atom. The van der Waals surface area contributed by atoms with E-state index >= 15 is 0 Å². The summed E-state index contributed by atoms with van der Waals surface area (Å²) in [6.45, 7) is 6.77. The first kappa shape index (κ1) is 15.1. The summed E-state index contributed by atoms with van der Waals surface area (Å²) in [7, 11) is 0. The second kappa shape index (κ2) is 6.27. The molecule has 1 aromatic rings. The average Bonchev–Trinajstić information content (AvgIpc) is 2.28. The van der Waals surface area contributed by atoms with Gasteiger partial charge in [0.1, 0.15) is 0 Å². The minimum absolute atomic E-state index is 0.107. The first-order valence-corrected chi connectivity index (χ1v) is 6.24. The number of ether oxygens (including phenoxy) is 1. The molecule has 0 N–H and O–H groups in total. The molecule has 0 bridgehead atoms. The number of carbonyl (C=O) groups excluding carboxylic acids is 3. The third-order valence-electron chi connectivity index (χ3n) is 2.91. The Kier molecular flexibility index (Phi) is 4.98. The van der Waals surface area contributed by atoms with Crippen molar-refractivity contribution in [1.29, 1.82) is 0 Å². The second-order valence-electron chi connectivity index (χ2n) is 4.50. The molecule has 0 aliphatic rings. The van der Waals surface area contributed by atoms with Crippen molar-refractivity contribution >= 4 is 17.7 Å². The van der Waals surface area contributed by atoms with Gasteiger partial charge in [0.05, 0.1) is 5.56 Å². The van der Waals surface area contributed by atoms with Gasteiger partial charge in [0.2, 0.25) is 0 Å². The summed E-state index contributed by atoms with van der Waals surface area (Å²) in [6, 6.07) is 3.27. The number of Topliss-reactive ketones (excluding diaryl/α,β-unsaturated/α-hetero) is 1. The fourth-order valence-electron chi connectivity index (χ4n) is 2.02. The monoisotopic (exact) mass is 262 g/mol. The summed E-state index contributed by atoms with van der Waals surface area (Å²) in [5.41, 5.74) is 2.14. The summed E-state index contributed by atoms with van der Waals surface area (Å²) in [5, 5.41) is 0. The Labute approximate surface area is 112 Å². The third-order valence-corrected chi connectivity index (χ3v) is 2.91. The highest BCUT2D eigenvalue weighted by atomic mass is 16.6. The molecular weight excluding hydrogens is 244 g/mol. The van der Waals surface area contributed by atoms with Crippen LogP contribution in [0.25, 0.3) is 0 Å². The van der Waals surface area contributed by atoms with Crippen LogP contribution in [0.1, 0.15) is 58.5 Å². The molecule has 0 amide bonds. The highest BCUT2D eigenvalue weighted by Gasteiger charge is 2.19. The Morgan fingerprint density at radius 3 is 2.32 bits per heavy atom. The molecule has 0 fully saturated rings. The second-order valence-corrected chi connectivity index (χ2v) is 4.50. The number of rotatable bonds is 4. The van der Waals surface area contributed by atoms with Gasteiger partial charge in [-0.1, -0.05) is 13.0 Å². The molecule has 0 heterocycles. The zero-order valence-corrected chi connectivity index (χ0v) is 11.7. The van der Waals surface area contributed by atoms with Gasteiger partial charge in [0.25, 0.3) is 0 Å². The highest BCUT2D eigenvalue weighted by Crippen LogP contribution is 2.20. The molecule has 4 nitrogen and oxygen atoms in total. The summed E-state index contributed by atoms with van der Waals surface area (Å²) in [5.74, 6) is -1.35. The Balaban J connectivity index is 3.08. The summed E-state index contributed by atoms with van der Waals surface area (Å²) in [4.78, 5) is 34.8. The molecule has 102 valence electrons. The summed E-state index contributed by atoms with van der Waals surface area (Å²) >= 11 is 0. The lowest BCUT2D eigenvalue weighted by Crippen LogP contribution is -2.15. The Bertz CT molecular complexity index is 529. The average molecular weight is 262 g/mol. The van der Waals surface area contributed by atoms with E-state index in [0.29, 0.717) is 17.5 Å². The van der Waals surface area contributed by atoms with Crippen molar-refractivity contribution in [1.82, 2.24) is 0 Å². The fraction of sp³-hybridized carbons (Fsp3) is 0.400. The maximum Gasteiger partial charge on any atom is 0.346 e. The van der Waals surface area contributed by atoms with Crippen LogP contribution in [0, 0.1) is 13.8 Å². The van der Waals surface area contributed by atoms with Crippen LogP contribution >= 0.6 is 0 Å². The van der Waals surface area contributed by atoms with Gasteiger partial charge in [-0.25, -0.2) is 4.79 Å². The molecular formula is C15H18O4. The molecule has 0 saturated heterocycles. The van der Waals surface area contributed by atoms with Crippen LogP contribution in [0.4, 0.5) is 0 Å². The fourth-order valence-corrected chi connectivity index (χ4v) is 2.02. The van der Waals surface area contributed by atoms with Gasteiger partial charge >= 0.3 is 11.9 Å². The summed E-state index contributed by atoms with van der Waals surface area (Å²) < 4.78 is 4.74. The molecule has 4 heteroatoms. The van der Waals surface area contributed by atoms with Crippen molar-refractivity contribution in [2.24, 2.45) is 0 Å². The van der Waals surface area contributed by atoms with Gasteiger partial charge in [0, 0.05) is 12.0 Å². The van der Waals surface area contributed by atoms with Crippen LogP contribution in [0.15, 0.2) is 12.1 Å². The standard InChI is InChI=1S/C15H18O4/c1-5-6-13(17)19-15(18)12-8-7-9(2)14(10(12)3)11(4)16/h7-8H,5-6H2,1-4H3. The van der Waals surface area contributed by atoms with E-state index in [9.17, 15) is 14.4 Å². The summed E-state index contributed by atoms with van der Waals surface area (Å²) in [6.07, 6.45) is 0.827. The van der Waals surface area contributed by atoms with Crippen LogP contribution < -0.4 is 0 Å². The molecule has 0 unspecified atom stereocenters. The van der Waals surface area contributed by atoms with E-state index in [-0.39, 0.29) is 17.8 Å². The lowest BCUT2D eigenvalue weighted by atomic mass is 9.95. The zero-order chi connectivity index (χ0) is 14.6. The smallest absolute Gasteiger partial charge is 0.346 e. The third kappa shape index (κ3) is 3.50. The van der Waals surface area contributed by atoms with Crippen LogP contribution in [0.2, 0.25) is 0 Å². The minimum atomic E-state index is -0.696. The first-order valence-electron chi connectivity index (χ1n) is 6.24. The topological polar surface area (TPSA) is 60.4 Å². The van der Waals surface area contributed by atoms with Gasteiger partial charge in [-0.05, 0) is 44.4 Å². The number of carbonyl (C=O) groups is 3. The van der Waals surface area contributed by atoms with E-state index in [0.717, 1.165) is 5.56 Å². The predicted molar refractivity (Wildman–Crippen MR) is 71.3 cm³/mol. The van der Waals surface area contributed by atoms with Crippen molar-refractivity contribution in [3.63, 3.8) is 0 Å². The molecule has 0 spiro atoms. The Hall–Kier alpha value is -1.97. The predicted octanol–water partition coefficient (Wildman–Crippen LogP) is 2.99. The molecule has 0 aliphatic heterocycles. The van der Waals surface area contributed by atoms with Crippen LogP contribution in [0.5, 0.6) is 0 Å². The van der Waals surface area contributed by atoms with Crippen LogP contribution in [0.3, 0.4) is 0 Å². The molecule has 0 saturated carbocycles. The number of ketones is 1. The van der Waals surface area contributed by atoms with Gasteiger partial charge in [-0.2, -0.15) is 0 Å². The lowest BCUT2D eigenvalue weighted by molar-refractivity contribution is -0.137. The number of aryl methyl sites for hydroxylation is 1. The molecule has 0 aromatic heterocycles. The molecule has 19 heavy (non-hydrogen) atoms. The van der Waals surface area contributed by atoms with Gasteiger partial charge in [-0.15, -0.1) is 0 Å². The minimum Gasteiger partial charge on any atom is -0.389 e. The molecule has 1 rings (SSSR count). The maximum atomic E-state index is 11.9. The number of esters is 2. The molecule has 1 aromatic carbocycles. The van der Waals surface area contributed by atoms with E-state index in [1.807, 2.05) is 6.92 Å². The quantitative estimate of drug-likeness (QED) is 0.475. The largest absolute Gasteiger partial charge is 0.389 e. The van der Waals surface area contributed by atoms with Crippen molar-refractivity contribution in [3.05, 3.63) is 34.4 Å². The van der Waals surface area contributed by atoms with Crippen molar-refractivity contribution < 1.29 is 19.1 Å². The maximum absolute atomic E-state index is 11.9. The van der Waals surface area contributed by atoms with Crippen molar-refractivity contribution in [3.8, 4) is 0 Å². The Morgan fingerprint density at radius 2 is 1.79 bits per heavy atom. The van der Waals surface area contributed by atoms with E-state index < -0.39 is 11.9 Å². The molecule has 0 radical (unpaired) electrons. The van der Waals surface area contributed by atoms with Crippen LogP contribution in [-0.2, 0) is 9.53 Å². The lowest BCUT2D eigenvalue weighted by Gasteiger charge is -2.11. The number of hydrogen-bond acceptors (Lipinski definition) is 4. The first-order chi connectivity index (χ1) is 8.88. The number of hydrogen-bond donors (Lipinski definition) is 0. The van der Waals surface area contributed by atoms with E-state index in [1.54, 1.807) is 26.0 Å². The van der Waals surface area contributed by atoms with Crippen molar-refractivity contribution in [2.45, 2.75) is 40.5 Å². The van der Waals surface area contributed by atoms with E-state index in [2.05, 4.69) is 0 Å². The SMILES string of the molecule is CCCC(=O)OC(=O)c1ccc(C)c(C(C)=O)c1C. The van der Waals surface area contributed by atoms with Gasteiger partial charge < -0.3 is 4.74 Å².